The number of nitrogens with one attached hydrogen (secondary N) is 2. The van der Waals surface area contributed by atoms with Gasteiger partial charge in [0.15, 0.2) is 0 Å². The second kappa shape index (κ2) is 9.17. The number of benzene rings is 2. The van der Waals surface area contributed by atoms with Crippen molar-refractivity contribution in [3.8, 4) is 5.69 Å². The molecule has 4 aromatic rings. The maximum absolute atomic E-state index is 13.3. The number of aromatic nitrogens is 3. The molecule has 2 aromatic heterocycles. The van der Waals surface area contributed by atoms with Crippen molar-refractivity contribution in [3.63, 3.8) is 0 Å². The molecule has 9 heteroatoms. The Hall–Kier alpha value is -3.07. The second-order valence-corrected chi connectivity index (χ2v) is 7.85. The Bertz CT molecular complexity index is 1120. The fourth-order valence-corrected chi connectivity index (χ4v) is 4.02. The molecule has 1 atom stereocenters. The lowest BCUT2D eigenvalue weighted by molar-refractivity contribution is -0.115. The van der Waals surface area contributed by atoms with Gasteiger partial charge >= 0.3 is 0 Å². The zero-order valence-corrected chi connectivity index (χ0v) is 17.2. The first kappa shape index (κ1) is 20.2. The first-order valence-electron chi connectivity index (χ1n) is 9.07. The summed E-state index contributed by atoms with van der Waals surface area (Å²) < 4.78 is 14.9. The van der Waals surface area contributed by atoms with Crippen molar-refractivity contribution < 1.29 is 9.18 Å². The fraction of sp³-hybridized carbons (Fsp3) is 0.0952. The van der Waals surface area contributed by atoms with Crippen LogP contribution in [0.3, 0.4) is 0 Å². The highest BCUT2D eigenvalue weighted by Crippen LogP contribution is 2.27. The fourth-order valence-electron chi connectivity index (χ4n) is 3.02. The van der Waals surface area contributed by atoms with Crippen LogP contribution in [-0.2, 0) is 4.79 Å². The Labute approximate surface area is 181 Å². The standard InChI is InChI=1S/C21H17ClFN5OS/c22-15-5-8-18(28-13-24-12-26-28)17(10-15)27-20(29)11-25-21(19-2-1-9-30-19)14-3-6-16(23)7-4-14/h1-10,12-13,21,25H,11H2,(H,27,29). The first-order chi connectivity index (χ1) is 14.6. The van der Waals surface area contributed by atoms with E-state index >= 15 is 0 Å². The van der Waals surface area contributed by atoms with E-state index in [2.05, 4.69) is 20.7 Å². The summed E-state index contributed by atoms with van der Waals surface area (Å²) in [4.78, 5) is 17.7. The third kappa shape index (κ3) is 4.73. The number of hydrogen-bond acceptors (Lipinski definition) is 5. The zero-order valence-electron chi connectivity index (χ0n) is 15.6. The van der Waals surface area contributed by atoms with Crippen molar-refractivity contribution in [2.45, 2.75) is 6.04 Å². The van der Waals surface area contributed by atoms with Gasteiger partial charge in [-0.3, -0.25) is 10.1 Å². The number of anilines is 1. The van der Waals surface area contributed by atoms with E-state index < -0.39 is 0 Å². The summed E-state index contributed by atoms with van der Waals surface area (Å²) in [5, 5.41) is 12.7. The van der Waals surface area contributed by atoms with Crippen LogP contribution >= 0.6 is 22.9 Å². The van der Waals surface area contributed by atoms with Crippen molar-refractivity contribution in [2.24, 2.45) is 0 Å². The predicted molar refractivity (Wildman–Crippen MR) is 116 cm³/mol. The quantitative estimate of drug-likeness (QED) is 0.444. The molecule has 0 aliphatic rings. The largest absolute Gasteiger partial charge is 0.323 e. The smallest absolute Gasteiger partial charge is 0.238 e. The van der Waals surface area contributed by atoms with Crippen molar-refractivity contribution in [1.82, 2.24) is 20.1 Å². The Balaban J connectivity index is 1.50. The summed E-state index contributed by atoms with van der Waals surface area (Å²) >= 11 is 7.67. The lowest BCUT2D eigenvalue weighted by Gasteiger charge is -2.18. The van der Waals surface area contributed by atoms with Crippen LogP contribution in [0.25, 0.3) is 5.69 Å². The van der Waals surface area contributed by atoms with Crippen LogP contribution in [0.15, 0.2) is 72.6 Å². The minimum Gasteiger partial charge on any atom is -0.323 e. The molecule has 1 amide bonds. The van der Waals surface area contributed by atoms with Gasteiger partial charge in [-0.1, -0.05) is 29.8 Å². The third-order valence-corrected chi connectivity index (χ3v) is 5.57. The van der Waals surface area contributed by atoms with Crippen molar-refractivity contribution in [2.75, 3.05) is 11.9 Å². The predicted octanol–water partition coefficient (Wildman–Crippen LogP) is 4.44. The second-order valence-electron chi connectivity index (χ2n) is 6.43. The molecule has 0 saturated heterocycles. The average Bonchev–Trinajstić information content (AvgIpc) is 3.44. The molecule has 0 aliphatic carbocycles. The van der Waals surface area contributed by atoms with Crippen molar-refractivity contribution in [3.05, 3.63) is 93.9 Å². The van der Waals surface area contributed by atoms with E-state index in [0.717, 1.165) is 10.4 Å². The maximum Gasteiger partial charge on any atom is 0.238 e. The van der Waals surface area contributed by atoms with E-state index in [4.69, 9.17) is 11.6 Å². The molecule has 6 nitrogen and oxygen atoms in total. The molecule has 2 heterocycles. The summed E-state index contributed by atoms with van der Waals surface area (Å²) in [5.41, 5.74) is 2.05. The van der Waals surface area contributed by atoms with Gasteiger partial charge in [-0.05, 0) is 47.3 Å². The maximum atomic E-state index is 13.3. The lowest BCUT2D eigenvalue weighted by Crippen LogP contribution is -2.31. The van der Waals surface area contributed by atoms with Crippen LogP contribution < -0.4 is 10.6 Å². The topological polar surface area (TPSA) is 71.8 Å². The summed E-state index contributed by atoms with van der Waals surface area (Å²) in [5.74, 6) is -0.551. The number of thiophene rings is 1. The van der Waals surface area contributed by atoms with Crippen LogP contribution in [0, 0.1) is 5.82 Å². The van der Waals surface area contributed by atoms with E-state index in [1.54, 1.807) is 52.7 Å². The number of nitrogens with zero attached hydrogens (tertiary/aromatic N) is 3. The van der Waals surface area contributed by atoms with Gasteiger partial charge in [-0.2, -0.15) is 5.10 Å². The monoisotopic (exact) mass is 441 g/mol. The molecule has 2 N–H and O–H groups in total. The summed E-state index contributed by atoms with van der Waals surface area (Å²) in [7, 11) is 0. The highest BCUT2D eigenvalue weighted by Gasteiger charge is 2.17. The zero-order chi connectivity index (χ0) is 20.9. The van der Waals surface area contributed by atoms with Crippen LogP contribution in [0.5, 0.6) is 0 Å². The molecular weight excluding hydrogens is 425 g/mol. The summed E-state index contributed by atoms with van der Waals surface area (Å²) in [6, 6.07) is 15.1. The normalized spacial score (nSPS) is 11.9. The highest BCUT2D eigenvalue weighted by molar-refractivity contribution is 7.10. The van der Waals surface area contributed by atoms with Gasteiger partial charge in [0, 0.05) is 9.90 Å². The average molecular weight is 442 g/mol. The Kier molecular flexibility index (Phi) is 6.18. The molecule has 30 heavy (non-hydrogen) atoms. The van der Waals surface area contributed by atoms with Gasteiger partial charge < -0.3 is 5.32 Å². The van der Waals surface area contributed by atoms with Crippen LogP contribution in [0.1, 0.15) is 16.5 Å². The molecule has 0 radical (unpaired) electrons. The van der Waals surface area contributed by atoms with Gasteiger partial charge in [-0.25, -0.2) is 14.1 Å². The summed E-state index contributed by atoms with van der Waals surface area (Å²) in [6.45, 7) is 0.0449. The van der Waals surface area contributed by atoms with Gasteiger partial charge in [0.25, 0.3) is 0 Å². The minimum atomic E-state index is -0.303. The molecule has 0 aliphatic heterocycles. The molecule has 0 bridgehead atoms. The lowest BCUT2D eigenvalue weighted by atomic mass is 10.1. The van der Waals surface area contributed by atoms with Gasteiger partial charge in [-0.15, -0.1) is 11.3 Å². The Morgan fingerprint density at radius 1 is 1.20 bits per heavy atom. The molecule has 0 fully saturated rings. The minimum absolute atomic E-state index is 0.0449. The third-order valence-electron chi connectivity index (χ3n) is 4.40. The van der Waals surface area contributed by atoms with Crippen molar-refractivity contribution >= 4 is 34.5 Å². The molecule has 0 saturated carbocycles. The molecule has 0 spiro atoms. The molecule has 4 rings (SSSR count). The number of carbonyl (C=O) groups excluding carboxylic acids is 1. The van der Waals surface area contributed by atoms with Crippen molar-refractivity contribution in [1.29, 1.82) is 0 Å². The summed E-state index contributed by atoms with van der Waals surface area (Å²) in [6.07, 6.45) is 2.95. The number of carbonyl (C=O) groups is 1. The van der Waals surface area contributed by atoms with Gasteiger partial charge in [0.1, 0.15) is 18.5 Å². The van der Waals surface area contributed by atoms with Crippen LogP contribution in [0.4, 0.5) is 10.1 Å². The van der Waals surface area contributed by atoms with E-state index in [9.17, 15) is 9.18 Å². The molecule has 2 aromatic carbocycles. The number of halogens is 2. The van der Waals surface area contributed by atoms with Gasteiger partial charge in [0.05, 0.1) is 24.0 Å². The van der Waals surface area contributed by atoms with Crippen LogP contribution in [-0.4, -0.2) is 27.2 Å². The Morgan fingerprint density at radius 3 is 2.73 bits per heavy atom. The SMILES string of the molecule is O=C(CNC(c1ccc(F)cc1)c1cccs1)Nc1cc(Cl)ccc1-n1cncn1. The molecule has 152 valence electrons. The number of rotatable bonds is 7. The molecule has 1 unspecified atom stereocenters. The number of amides is 1. The van der Waals surface area contributed by atoms with Gasteiger partial charge in [0.2, 0.25) is 5.91 Å². The first-order valence-corrected chi connectivity index (χ1v) is 10.3. The Morgan fingerprint density at radius 2 is 2.03 bits per heavy atom. The molecular formula is C21H17ClFN5OS. The number of hydrogen-bond donors (Lipinski definition) is 2. The van der Waals surface area contributed by atoms with E-state index in [-0.39, 0.29) is 24.3 Å². The van der Waals surface area contributed by atoms with E-state index in [0.29, 0.717) is 16.4 Å². The highest BCUT2D eigenvalue weighted by atomic mass is 35.5. The van der Waals surface area contributed by atoms with E-state index in [1.807, 2.05) is 17.5 Å². The van der Waals surface area contributed by atoms with E-state index in [1.165, 1.54) is 18.5 Å². The van der Waals surface area contributed by atoms with Crippen LogP contribution in [0.2, 0.25) is 5.02 Å².